The summed E-state index contributed by atoms with van der Waals surface area (Å²) >= 11 is 0. The number of carbonyl (C=O) groups excluding carboxylic acids is 1. The number of carboxylic acid groups (broad SMARTS) is 1. The highest BCUT2D eigenvalue weighted by molar-refractivity contribution is 6.05. The molecule has 250 valence electrons. The van der Waals surface area contributed by atoms with E-state index in [1.54, 1.807) is 29.2 Å². The van der Waals surface area contributed by atoms with Gasteiger partial charge in [-0.3, -0.25) is 14.5 Å². The Labute approximate surface area is 283 Å². The number of nitrogens with one attached hydrogen (secondary N) is 1. The Bertz CT molecular complexity index is 2050. The highest BCUT2D eigenvalue weighted by atomic mass is 16.7. The van der Waals surface area contributed by atoms with Gasteiger partial charge in [-0.25, -0.2) is 9.78 Å². The molecule has 49 heavy (non-hydrogen) atoms. The molecule has 4 saturated carbocycles. The summed E-state index contributed by atoms with van der Waals surface area (Å²) in [6, 6.07) is 9.53. The van der Waals surface area contributed by atoms with E-state index in [9.17, 15) is 14.7 Å². The first-order chi connectivity index (χ1) is 23.8. The van der Waals surface area contributed by atoms with Gasteiger partial charge in [0.15, 0.2) is 11.5 Å². The molecular formula is C37H38N8O4. The lowest BCUT2D eigenvalue weighted by molar-refractivity contribution is -0.0638. The van der Waals surface area contributed by atoms with Crippen LogP contribution >= 0.6 is 0 Å². The second-order valence-electron chi connectivity index (χ2n) is 14.6. The van der Waals surface area contributed by atoms with E-state index in [0.717, 1.165) is 46.7 Å². The molecule has 0 radical (unpaired) electrons. The average Bonchev–Trinajstić information content (AvgIpc) is 3.65. The van der Waals surface area contributed by atoms with Crippen LogP contribution in [0, 0.1) is 30.1 Å². The maximum atomic E-state index is 13.5. The molecular weight excluding hydrogens is 620 g/mol. The number of carbonyl (C=O) groups is 2. The summed E-state index contributed by atoms with van der Waals surface area (Å²) in [5.74, 6) is 3.36. The van der Waals surface area contributed by atoms with Gasteiger partial charge in [-0.15, -0.1) is 0 Å². The van der Waals surface area contributed by atoms with Gasteiger partial charge in [-0.1, -0.05) is 12.1 Å². The van der Waals surface area contributed by atoms with Gasteiger partial charge in [0.25, 0.3) is 5.91 Å². The van der Waals surface area contributed by atoms with Crippen molar-refractivity contribution in [1.29, 1.82) is 0 Å². The van der Waals surface area contributed by atoms with Crippen LogP contribution in [0.3, 0.4) is 0 Å². The van der Waals surface area contributed by atoms with E-state index in [-0.39, 0.29) is 11.8 Å². The summed E-state index contributed by atoms with van der Waals surface area (Å²) in [4.78, 5) is 40.7. The second kappa shape index (κ2) is 11.4. The molecule has 0 saturated heterocycles. The fraction of sp³-hybridized carbons (Fsp3) is 0.405. The maximum absolute atomic E-state index is 13.5. The van der Waals surface area contributed by atoms with Crippen molar-refractivity contribution in [2.45, 2.75) is 65.0 Å². The Morgan fingerprint density at radius 3 is 2.57 bits per heavy atom. The third-order valence-electron chi connectivity index (χ3n) is 11.4. The smallest absolute Gasteiger partial charge is 0.449 e. The van der Waals surface area contributed by atoms with Gasteiger partial charge in [0.2, 0.25) is 5.88 Å². The quantitative estimate of drug-likeness (QED) is 0.191. The van der Waals surface area contributed by atoms with E-state index in [0.29, 0.717) is 53.3 Å². The largest absolute Gasteiger partial charge is 0.512 e. The third kappa shape index (κ3) is 5.39. The summed E-state index contributed by atoms with van der Waals surface area (Å²) < 4.78 is 9.24. The van der Waals surface area contributed by atoms with Crippen molar-refractivity contribution < 1.29 is 19.4 Å². The zero-order valence-corrected chi connectivity index (χ0v) is 27.4. The van der Waals surface area contributed by atoms with Crippen molar-refractivity contribution in [2.75, 3.05) is 16.8 Å². The van der Waals surface area contributed by atoms with Crippen LogP contribution in [0.25, 0.3) is 16.8 Å². The number of ether oxygens (including phenoxy) is 1. The van der Waals surface area contributed by atoms with Gasteiger partial charge in [-0.05, 0) is 104 Å². The number of imidazole rings is 1. The van der Waals surface area contributed by atoms with Crippen molar-refractivity contribution in [2.24, 2.45) is 23.2 Å². The van der Waals surface area contributed by atoms with Crippen LogP contribution < -0.4 is 15.0 Å². The third-order valence-corrected chi connectivity index (χ3v) is 11.4. The normalized spacial score (nSPS) is 23.9. The summed E-state index contributed by atoms with van der Waals surface area (Å²) in [6.07, 6.45) is 16.0. The topological polar surface area (TPSA) is 140 Å². The number of hydrogen-bond donors (Lipinski definition) is 2. The van der Waals surface area contributed by atoms with Crippen molar-refractivity contribution in [3.8, 4) is 17.0 Å². The molecule has 0 atom stereocenters. The van der Waals surface area contributed by atoms with Crippen LogP contribution in [-0.2, 0) is 19.5 Å². The van der Waals surface area contributed by atoms with Gasteiger partial charge in [-0.2, -0.15) is 10.1 Å². The number of hydrogen-bond acceptors (Lipinski definition) is 8. The number of amides is 1. The number of aromatic nitrogens is 6. The first-order valence-corrected chi connectivity index (χ1v) is 17.2. The molecule has 4 bridgehead atoms. The van der Waals surface area contributed by atoms with E-state index in [1.165, 1.54) is 38.5 Å². The molecule has 1 aromatic carbocycles. The minimum atomic E-state index is -1.42. The molecule has 4 fully saturated rings. The monoisotopic (exact) mass is 658 g/mol. The van der Waals surface area contributed by atoms with Crippen molar-refractivity contribution >= 4 is 29.3 Å². The molecule has 4 aliphatic carbocycles. The van der Waals surface area contributed by atoms with Crippen molar-refractivity contribution in [3.63, 3.8) is 0 Å². The van der Waals surface area contributed by atoms with Crippen molar-refractivity contribution in [3.05, 3.63) is 83.7 Å². The van der Waals surface area contributed by atoms with Gasteiger partial charge in [0.05, 0.1) is 18.6 Å². The summed E-state index contributed by atoms with van der Waals surface area (Å²) in [5, 5.41) is 17.5. The molecule has 0 unspecified atom stereocenters. The Kier molecular flexibility index (Phi) is 6.96. The predicted octanol–water partition coefficient (Wildman–Crippen LogP) is 6.38. The van der Waals surface area contributed by atoms with Crippen LogP contribution in [0.1, 0.15) is 65.7 Å². The number of benzene rings is 1. The van der Waals surface area contributed by atoms with Gasteiger partial charge < -0.3 is 24.5 Å². The van der Waals surface area contributed by atoms with Gasteiger partial charge >= 0.3 is 6.16 Å². The van der Waals surface area contributed by atoms with Crippen LogP contribution in [0.4, 0.5) is 16.4 Å². The standard InChI is InChI=1S/C37H38N8O4/c1-22-29(17-39-45(22)21-37-14-23-11-24(15-37)13-25(12-23)16-37)28-5-6-32(42-35(28)49-36(47)48)43-9-7-26-3-2-4-27(30(26)19-43)34(46)41-31-20-44-10-8-38-18-33(44)40-31/h2-6,8,10,17-18,20,23-25H,7,9,11-16,19,21H2,1H3,(H,41,46)(H,47,48). The molecule has 5 aliphatic rings. The van der Waals surface area contributed by atoms with E-state index in [2.05, 4.69) is 31.8 Å². The van der Waals surface area contributed by atoms with Gasteiger partial charge in [0.1, 0.15) is 5.82 Å². The molecule has 1 amide bonds. The average molecular weight is 659 g/mol. The lowest BCUT2D eigenvalue weighted by atomic mass is 9.49. The van der Waals surface area contributed by atoms with Crippen LogP contribution in [0.5, 0.6) is 5.88 Å². The molecule has 4 aromatic heterocycles. The number of nitrogens with zero attached hydrogens (tertiary/aromatic N) is 7. The first kappa shape index (κ1) is 29.8. The highest BCUT2D eigenvalue weighted by Crippen LogP contribution is 2.60. The lowest BCUT2D eigenvalue weighted by Crippen LogP contribution is -2.48. The minimum Gasteiger partial charge on any atom is -0.449 e. The predicted molar refractivity (Wildman–Crippen MR) is 182 cm³/mol. The molecule has 0 spiro atoms. The van der Waals surface area contributed by atoms with Crippen LogP contribution in [0.15, 0.2) is 61.3 Å². The van der Waals surface area contributed by atoms with Crippen molar-refractivity contribution in [1.82, 2.24) is 29.1 Å². The first-order valence-electron chi connectivity index (χ1n) is 17.2. The number of pyridine rings is 1. The second-order valence-corrected chi connectivity index (χ2v) is 14.6. The van der Waals surface area contributed by atoms with Crippen LogP contribution in [-0.4, -0.2) is 52.8 Å². The highest BCUT2D eigenvalue weighted by Gasteiger charge is 2.51. The number of rotatable bonds is 7. The molecule has 5 heterocycles. The van der Waals surface area contributed by atoms with Crippen LogP contribution in [0.2, 0.25) is 0 Å². The van der Waals surface area contributed by atoms with E-state index in [1.807, 2.05) is 36.5 Å². The molecule has 10 rings (SSSR count). The molecule has 2 N–H and O–H groups in total. The Hall–Kier alpha value is -5.26. The zero-order valence-electron chi connectivity index (χ0n) is 27.4. The lowest BCUT2D eigenvalue weighted by Gasteiger charge is -2.56. The Morgan fingerprint density at radius 1 is 1.02 bits per heavy atom. The molecule has 12 nitrogen and oxygen atoms in total. The summed E-state index contributed by atoms with van der Waals surface area (Å²) in [6.45, 7) is 4.03. The zero-order chi connectivity index (χ0) is 33.3. The van der Waals surface area contributed by atoms with E-state index < -0.39 is 6.16 Å². The fourth-order valence-electron chi connectivity index (χ4n) is 9.72. The molecule has 5 aromatic rings. The fourth-order valence-corrected chi connectivity index (χ4v) is 9.72. The van der Waals surface area contributed by atoms with E-state index in [4.69, 9.17) is 14.8 Å². The molecule has 12 heteroatoms. The molecule has 1 aliphatic heterocycles. The summed E-state index contributed by atoms with van der Waals surface area (Å²) in [5.41, 5.74) is 5.90. The minimum absolute atomic E-state index is 0.0283. The Balaban J connectivity index is 0.976. The summed E-state index contributed by atoms with van der Waals surface area (Å²) in [7, 11) is 0. The van der Waals surface area contributed by atoms with E-state index >= 15 is 0 Å². The number of anilines is 2. The Morgan fingerprint density at radius 2 is 1.82 bits per heavy atom. The SMILES string of the molecule is Cc1c(-c2ccc(N3CCc4cccc(C(=O)Nc5cn6ccncc6n5)c4C3)nc2OC(=O)O)cnn1CC12CC3CC(CC(C3)C1)C2. The van der Waals surface area contributed by atoms with Gasteiger partial charge in [0, 0.05) is 54.4 Å². The maximum Gasteiger partial charge on any atom is 0.512 e. The number of fused-ring (bicyclic) bond motifs is 2.